The van der Waals surface area contributed by atoms with Gasteiger partial charge in [0.05, 0.1) is 6.04 Å². The molecule has 1 N–H and O–H groups in total. The van der Waals surface area contributed by atoms with Gasteiger partial charge in [0.25, 0.3) is 0 Å². The molecule has 0 saturated carbocycles. The van der Waals surface area contributed by atoms with Crippen molar-refractivity contribution in [1.29, 1.82) is 0 Å². The minimum Gasteiger partial charge on any atom is -0.487 e. The van der Waals surface area contributed by atoms with Gasteiger partial charge in [0.1, 0.15) is 16.4 Å². The Labute approximate surface area is 116 Å². The van der Waals surface area contributed by atoms with Crippen LogP contribution in [0.4, 0.5) is 5.13 Å². The minimum absolute atomic E-state index is 0.175. The molecular weight excluding hydrogens is 258 g/mol. The lowest BCUT2D eigenvalue weighted by molar-refractivity contribution is 0.0759. The van der Waals surface area contributed by atoms with E-state index in [0.717, 1.165) is 22.3 Å². The number of hydrogen-bond acceptors (Lipinski definition) is 5. The number of nitrogens with zero attached hydrogens (tertiary/aromatic N) is 2. The topological polar surface area (TPSA) is 47.0 Å². The predicted molar refractivity (Wildman–Crippen MR) is 76.8 cm³/mol. The van der Waals surface area contributed by atoms with Crippen molar-refractivity contribution in [2.75, 3.05) is 5.32 Å². The Morgan fingerprint density at radius 1 is 1.32 bits per heavy atom. The Hall–Kier alpha value is -1.62. The molecule has 1 aromatic heterocycles. The molecule has 100 valence electrons. The molecule has 19 heavy (non-hydrogen) atoms. The summed E-state index contributed by atoms with van der Waals surface area (Å²) >= 11 is 1.58. The van der Waals surface area contributed by atoms with E-state index in [9.17, 15) is 0 Å². The van der Waals surface area contributed by atoms with Crippen molar-refractivity contribution in [2.24, 2.45) is 0 Å². The van der Waals surface area contributed by atoms with Gasteiger partial charge >= 0.3 is 0 Å². The average Bonchev–Trinajstić information content (AvgIpc) is 2.73. The maximum atomic E-state index is 6.02. The maximum Gasteiger partial charge on any atom is 0.206 e. The Balaban J connectivity index is 1.92. The zero-order valence-corrected chi connectivity index (χ0v) is 12.1. The van der Waals surface area contributed by atoms with Crippen molar-refractivity contribution in [3.05, 3.63) is 34.8 Å². The summed E-state index contributed by atoms with van der Waals surface area (Å²) in [7, 11) is 0. The van der Waals surface area contributed by atoms with Gasteiger partial charge in [-0.25, -0.2) is 0 Å². The van der Waals surface area contributed by atoms with Crippen molar-refractivity contribution in [2.45, 2.75) is 38.8 Å². The highest BCUT2D eigenvalue weighted by atomic mass is 32.1. The lowest BCUT2D eigenvalue weighted by Gasteiger charge is -2.37. The Morgan fingerprint density at radius 3 is 2.84 bits per heavy atom. The fourth-order valence-corrected chi connectivity index (χ4v) is 3.08. The molecule has 0 bridgehead atoms. The third-order valence-corrected chi connectivity index (χ3v) is 3.97. The van der Waals surface area contributed by atoms with E-state index in [1.54, 1.807) is 11.3 Å². The monoisotopic (exact) mass is 275 g/mol. The second-order valence-electron chi connectivity index (χ2n) is 5.43. The summed E-state index contributed by atoms with van der Waals surface area (Å²) in [5.41, 5.74) is 1.01. The Morgan fingerprint density at radius 2 is 2.11 bits per heavy atom. The van der Waals surface area contributed by atoms with Crippen LogP contribution in [0.3, 0.4) is 0 Å². The lowest BCUT2D eigenvalue weighted by atomic mass is 9.90. The van der Waals surface area contributed by atoms with Gasteiger partial charge in [-0.3, -0.25) is 0 Å². The smallest absolute Gasteiger partial charge is 0.206 e. The molecule has 0 amide bonds. The number of para-hydroxylation sites is 1. The third kappa shape index (κ3) is 2.56. The van der Waals surface area contributed by atoms with Gasteiger partial charge in [-0.05, 0) is 26.8 Å². The quantitative estimate of drug-likeness (QED) is 0.910. The zero-order valence-electron chi connectivity index (χ0n) is 11.3. The molecule has 0 aliphatic carbocycles. The highest BCUT2D eigenvalue weighted by molar-refractivity contribution is 7.15. The molecule has 2 heterocycles. The van der Waals surface area contributed by atoms with Crippen molar-refractivity contribution < 1.29 is 4.74 Å². The number of aromatic nitrogens is 2. The molecule has 5 heteroatoms. The van der Waals surface area contributed by atoms with Crippen molar-refractivity contribution in [3.63, 3.8) is 0 Å². The van der Waals surface area contributed by atoms with Gasteiger partial charge in [-0.2, -0.15) is 0 Å². The average molecular weight is 275 g/mol. The van der Waals surface area contributed by atoms with Crippen LogP contribution >= 0.6 is 11.3 Å². The number of hydrogen-bond donors (Lipinski definition) is 1. The summed E-state index contributed by atoms with van der Waals surface area (Å²) in [6.45, 7) is 6.19. The van der Waals surface area contributed by atoms with E-state index < -0.39 is 0 Å². The fourth-order valence-electron chi connectivity index (χ4n) is 2.43. The first-order valence-electron chi connectivity index (χ1n) is 6.38. The van der Waals surface area contributed by atoms with E-state index in [1.165, 1.54) is 5.56 Å². The van der Waals surface area contributed by atoms with Crippen LogP contribution in [0.5, 0.6) is 5.75 Å². The molecule has 1 aliphatic heterocycles. The maximum absolute atomic E-state index is 6.02. The Kier molecular flexibility index (Phi) is 2.93. The first kappa shape index (κ1) is 12.4. The summed E-state index contributed by atoms with van der Waals surface area (Å²) in [5, 5.41) is 13.5. The number of rotatable bonds is 2. The molecule has 0 fully saturated rings. The highest BCUT2D eigenvalue weighted by Gasteiger charge is 2.33. The minimum atomic E-state index is -0.175. The van der Waals surface area contributed by atoms with Crippen molar-refractivity contribution in [1.82, 2.24) is 10.2 Å². The zero-order chi connectivity index (χ0) is 13.5. The van der Waals surface area contributed by atoms with Crippen molar-refractivity contribution >= 4 is 16.5 Å². The molecule has 3 rings (SSSR count). The standard InChI is InChI=1S/C14H17N3OS/c1-9-16-17-13(19-9)15-11-8-14(2,3)18-12-7-5-4-6-10(11)12/h4-7,11H,8H2,1-3H3,(H,15,17). The molecule has 1 aliphatic rings. The van der Waals surface area contributed by atoms with Gasteiger partial charge in [-0.1, -0.05) is 29.5 Å². The second kappa shape index (κ2) is 4.49. The largest absolute Gasteiger partial charge is 0.487 e. The van der Waals surface area contributed by atoms with Crippen LogP contribution in [-0.4, -0.2) is 15.8 Å². The van der Waals surface area contributed by atoms with E-state index in [0.29, 0.717) is 0 Å². The van der Waals surface area contributed by atoms with E-state index in [2.05, 4.69) is 35.4 Å². The molecule has 1 atom stereocenters. The van der Waals surface area contributed by atoms with E-state index >= 15 is 0 Å². The SMILES string of the molecule is Cc1nnc(NC2CC(C)(C)Oc3ccccc32)s1. The second-order valence-corrected chi connectivity index (χ2v) is 6.61. The molecule has 2 aromatic rings. The number of fused-ring (bicyclic) bond motifs is 1. The van der Waals surface area contributed by atoms with Crippen LogP contribution in [0, 0.1) is 6.92 Å². The molecule has 1 unspecified atom stereocenters. The van der Waals surface area contributed by atoms with Crippen LogP contribution in [0.25, 0.3) is 0 Å². The normalized spacial score (nSPS) is 20.5. The summed E-state index contributed by atoms with van der Waals surface area (Å²) in [6, 6.07) is 8.39. The number of anilines is 1. The molecular formula is C14H17N3OS. The number of nitrogens with one attached hydrogen (secondary N) is 1. The Bertz CT molecular complexity index is 594. The molecule has 4 nitrogen and oxygen atoms in total. The molecule has 0 radical (unpaired) electrons. The third-order valence-electron chi connectivity index (χ3n) is 3.20. The predicted octanol–water partition coefficient (Wildman–Crippen LogP) is 3.56. The van der Waals surface area contributed by atoms with Crippen molar-refractivity contribution in [3.8, 4) is 5.75 Å². The van der Waals surface area contributed by atoms with Crippen LogP contribution in [0.15, 0.2) is 24.3 Å². The van der Waals surface area contributed by atoms with E-state index in [4.69, 9.17) is 4.74 Å². The molecule has 0 saturated heterocycles. The number of ether oxygens (including phenoxy) is 1. The molecule has 0 spiro atoms. The summed E-state index contributed by atoms with van der Waals surface area (Å²) in [6.07, 6.45) is 0.905. The lowest BCUT2D eigenvalue weighted by Crippen LogP contribution is -2.37. The van der Waals surface area contributed by atoms with Gasteiger partial charge < -0.3 is 10.1 Å². The van der Waals surface area contributed by atoms with Gasteiger partial charge in [0.15, 0.2) is 0 Å². The first-order chi connectivity index (χ1) is 9.03. The van der Waals surface area contributed by atoms with Crippen LogP contribution in [0.1, 0.15) is 36.9 Å². The van der Waals surface area contributed by atoms with Crippen LogP contribution in [0.2, 0.25) is 0 Å². The highest BCUT2D eigenvalue weighted by Crippen LogP contribution is 2.41. The van der Waals surface area contributed by atoms with E-state index in [-0.39, 0.29) is 11.6 Å². The van der Waals surface area contributed by atoms with Gasteiger partial charge in [0.2, 0.25) is 5.13 Å². The van der Waals surface area contributed by atoms with Crippen LogP contribution < -0.4 is 10.1 Å². The number of benzene rings is 1. The fraction of sp³-hybridized carbons (Fsp3) is 0.429. The number of aryl methyl sites for hydroxylation is 1. The van der Waals surface area contributed by atoms with Gasteiger partial charge in [-0.15, -0.1) is 10.2 Å². The summed E-state index contributed by atoms with van der Waals surface area (Å²) in [4.78, 5) is 0. The van der Waals surface area contributed by atoms with Gasteiger partial charge in [0, 0.05) is 12.0 Å². The molecule has 1 aromatic carbocycles. The van der Waals surface area contributed by atoms with E-state index in [1.807, 2.05) is 25.1 Å². The summed E-state index contributed by atoms with van der Waals surface area (Å²) < 4.78 is 6.02. The summed E-state index contributed by atoms with van der Waals surface area (Å²) in [5.74, 6) is 0.956. The van der Waals surface area contributed by atoms with Crippen LogP contribution in [-0.2, 0) is 0 Å². The first-order valence-corrected chi connectivity index (χ1v) is 7.20.